The van der Waals surface area contributed by atoms with E-state index in [1.54, 1.807) is 6.92 Å². The monoisotopic (exact) mass is 284 g/mol. The Morgan fingerprint density at radius 1 is 1.20 bits per heavy atom. The molecule has 0 saturated carbocycles. The van der Waals surface area contributed by atoms with Gasteiger partial charge in [-0.3, -0.25) is 14.4 Å². The van der Waals surface area contributed by atoms with E-state index in [0.29, 0.717) is 0 Å². The summed E-state index contributed by atoms with van der Waals surface area (Å²) < 4.78 is 10.3. The Hall–Kier alpha value is -2.45. The van der Waals surface area contributed by atoms with E-state index in [4.69, 9.17) is 0 Å². The third-order valence-corrected chi connectivity index (χ3v) is 2.60. The number of hydrogen-bond donors (Lipinski definition) is 0. The van der Waals surface area contributed by atoms with Crippen LogP contribution in [0.5, 0.6) is 0 Å². The fourth-order valence-electron chi connectivity index (χ4n) is 1.45. The highest BCUT2D eigenvalue weighted by atomic mass is 16.5. The Labute approximate surface area is 115 Å². The lowest BCUT2D eigenvalue weighted by molar-refractivity contribution is -0.153. The zero-order valence-corrected chi connectivity index (χ0v) is 11.5. The van der Waals surface area contributed by atoms with Crippen LogP contribution in [-0.2, 0) is 23.9 Å². The van der Waals surface area contributed by atoms with Crippen LogP contribution < -0.4 is 0 Å². The molecule has 0 spiro atoms. The molecule has 9 nitrogen and oxygen atoms in total. The van der Waals surface area contributed by atoms with E-state index < -0.39 is 23.9 Å². The van der Waals surface area contributed by atoms with Gasteiger partial charge in [0.15, 0.2) is 0 Å². The van der Waals surface area contributed by atoms with Crippen molar-refractivity contribution in [2.75, 3.05) is 27.3 Å². The van der Waals surface area contributed by atoms with Gasteiger partial charge in [-0.2, -0.15) is 5.10 Å². The van der Waals surface area contributed by atoms with Gasteiger partial charge < -0.3 is 14.4 Å². The molecule has 0 saturated heterocycles. The molecule has 1 heterocycles. The zero-order chi connectivity index (χ0) is 15.1. The Balaban J connectivity index is 2.82. The smallest absolute Gasteiger partial charge is 0.325 e. The first kappa shape index (κ1) is 15.6. The van der Waals surface area contributed by atoms with Gasteiger partial charge in [-0.05, 0) is 6.92 Å². The number of rotatable bonds is 6. The SMILES string of the molecule is COC(=O)CN(CC(=O)OC)C(=O)C(C)n1cncn1. The average molecular weight is 284 g/mol. The van der Waals surface area contributed by atoms with Gasteiger partial charge in [-0.1, -0.05) is 0 Å². The molecule has 0 fully saturated rings. The first-order chi connectivity index (χ1) is 9.49. The summed E-state index contributed by atoms with van der Waals surface area (Å²) in [5.74, 6) is -1.73. The molecular weight excluding hydrogens is 268 g/mol. The van der Waals surface area contributed by atoms with Crippen LogP contribution >= 0.6 is 0 Å². The van der Waals surface area contributed by atoms with Crippen LogP contribution in [0, 0.1) is 0 Å². The van der Waals surface area contributed by atoms with Gasteiger partial charge in [0.2, 0.25) is 5.91 Å². The number of carbonyl (C=O) groups is 3. The third-order valence-electron chi connectivity index (χ3n) is 2.60. The molecule has 1 amide bonds. The molecule has 1 unspecified atom stereocenters. The van der Waals surface area contributed by atoms with E-state index in [9.17, 15) is 14.4 Å². The number of methoxy groups -OCH3 is 2. The quantitative estimate of drug-likeness (QED) is 0.618. The molecule has 0 aliphatic carbocycles. The molecule has 1 aromatic heterocycles. The van der Waals surface area contributed by atoms with Crippen molar-refractivity contribution in [1.29, 1.82) is 0 Å². The van der Waals surface area contributed by atoms with Gasteiger partial charge >= 0.3 is 11.9 Å². The topological polar surface area (TPSA) is 104 Å². The Morgan fingerprint density at radius 3 is 2.15 bits per heavy atom. The molecule has 1 atom stereocenters. The van der Waals surface area contributed by atoms with Crippen LogP contribution in [0.25, 0.3) is 0 Å². The van der Waals surface area contributed by atoms with Crippen molar-refractivity contribution in [3.05, 3.63) is 12.7 Å². The van der Waals surface area contributed by atoms with Crippen LogP contribution in [0.3, 0.4) is 0 Å². The zero-order valence-electron chi connectivity index (χ0n) is 11.5. The highest BCUT2D eigenvalue weighted by molar-refractivity contribution is 5.87. The second kappa shape index (κ2) is 7.22. The summed E-state index contributed by atoms with van der Waals surface area (Å²) in [6.07, 6.45) is 2.66. The normalized spacial score (nSPS) is 11.6. The number of amides is 1. The van der Waals surface area contributed by atoms with Crippen molar-refractivity contribution in [2.45, 2.75) is 13.0 Å². The second-order valence-electron chi connectivity index (χ2n) is 3.90. The van der Waals surface area contributed by atoms with E-state index in [-0.39, 0.29) is 13.1 Å². The summed E-state index contributed by atoms with van der Waals surface area (Å²) in [6.45, 7) is 0.894. The number of hydrogen-bond acceptors (Lipinski definition) is 7. The van der Waals surface area contributed by atoms with E-state index in [1.165, 1.54) is 31.6 Å². The molecule has 110 valence electrons. The highest BCUT2D eigenvalue weighted by Gasteiger charge is 2.26. The number of aromatic nitrogens is 3. The largest absolute Gasteiger partial charge is 0.468 e. The van der Waals surface area contributed by atoms with Crippen LogP contribution in [0.2, 0.25) is 0 Å². The lowest BCUT2D eigenvalue weighted by Gasteiger charge is -2.23. The molecule has 0 aliphatic rings. The van der Waals surface area contributed by atoms with Gasteiger partial charge in [0, 0.05) is 0 Å². The van der Waals surface area contributed by atoms with Crippen LogP contribution in [0.1, 0.15) is 13.0 Å². The van der Waals surface area contributed by atoms with Gasteiger partial charge in [0.1, 0.15) is 31.8 Å². The predicted octanol–water partition coefficient (Wildman–Crippen LogP) is -0.986. The number of esters is 2. The summed E-state index contributed by atoms with van der Waals surface area (Å²) in [5, 5.41) is 3.84. The maximum atomic E-state index is 12.3. The minimum Gasteiger partial charge on any atom is -0.468 e. The number of nitrogens with zero attached hydrogens (tertiary/aromatic N) is 4. The first-order valence-electron chi connectivity index (χ1n) is 5.76. The van der Waals surface area contributed by atoms with Crippen LogP contribution in [0.15, 0.2) is 12.7 Å². The standard InChI is InChI=1S/C11H16N4O5/c1-8(15-7-12-6-13-15)11(18)14(4-9(16)19-2)5-10(17)20-3/h6-8H,4-5H2,1-3H3. The Kier molecular flexibility index (Phi) is 5.63. The highest BCUT2D eigenvalue weighted by Crippen LogP contribution is 2.08. The number of ether oxygens (including phenoxy) is 2. The molecule has 0 aromatic carbocycles. The van der Waals surface area contributed by atoms with Crippen molar-refractivity contribution in [3.8, 4) is 0 Å². The molecule has 20 heavy (non-hydrogen) atoms. The predicted molar refractivity (Wildman–Crippen MR) is 65.3 cm³/mol. The fraction of sp³-hybridized carbons (Fsp3) is 0.545. The molecule has 0 bridgehead atoms. The van der Waals surface area contributed by atoms with Crippen molar-refractivity contribution in [2.24, 2.45) is 0 Å². The number of carbonyl (C=O) groups excluding carboxylic acids is 3. The average Bonchev–Trinajstić information content (AvgIpc) is 2.98. The van der Waals surface area contributed by atoms with Gasteiger partial charge in [-0.15, -0.1) is 0 Å². The van der Waals surface area contributed by atoms with E-state index in [2.05, 4.69) is 19.6 Å². The Morgan fingerprint density at radius 2 is 1.75 bits per heavy atom. The maximum absolute atomic E-state index is 12.3. The van der Waals surface area contributed by atoms with Crippen molar-refractivity contribution >= 4 is 17.8 Å². The van der Waals surface area contributed by atoms with Crippen molar-refractivity contribution < 1.29 is 23.9 Å². The second-order valence-corrected chi connectivity index (χ2v) is 3.90. The molecule has 0 radical (unpaired) electrons. The van der Waals surface area contributed by atoms with E-state index >= 15 is 0 Å². The minimum atomic E-state index is -0.702. The Bertz CT molecular complexity index is 455. The van der Waals surface area contributed by atoms with E-state index in [1.807, 2.05) is 0 Å². The summed E-state index contributed by atoms with van der Waals surface area (Å²) in [5.41, 5.74) is 0. The lowest BCUT2D eigenvalue weighted by atomic mass is 10.3. The van der Waals surface area contributed by atoms with E-state index in [0.717, 1.165) is 4.90 Å². The minimum absolute atomic E-state index is 0.344. The first-order valence-corrected chi connectivity index (χ1v) is 5.76. The van der Waals surface area contributed by atoms with Crippen molar-refractivity contribution in [3.63, 3.8) is 0 Å². The van der Waals surface area contributed by atoms with Gasteiger partial charge in [-0.25, -0.2) is 9.67 Å². The summed E-state index contributed by atoms with van der Waals surface area (Å²) >= 11 is 0. The summed E-state index contributed by atoms with van der Waals surface area (Å²) in [4.78, 5) is 39.7. The van der Waals surface area contributed by atoms with Crippen LogP contribution in [-0.4, -0.2) is 64.8 Å². The third kappa shape index (κ3) is 4.04. The van der Waals surface area contributed by atoms with Gasteiger partial charge in [0.25, 0.3) is 0 Å². The molecular formula is C11H16N4O5. The maximum Gasteiger partial charge on any atom is 0.325 e. The molecule has 0 aliphatic heterocycles. The fourth-order valence-corrected chi connectivity index (χ4v) is 1.45. The van der Waals surface area contributed by atoms with Crippen molar-refractivity contribution in [1.82, 2.24) is 19.7 Å². The van der Waals surface area contributed by atoms with Crippen LogP contribution in [0.4, 0.5) is 0 Å². The molecule has 0 N–H and O–H groups in total. The molecule has 1 rings (SSSR count). The van der Waals surface area contributed by atoms with Gasteiger partial charge in [0.05, 0.1) is 14.2 Å². The lowest BCUT2D eigenvalue weighted by Crippen LogP contribution is -2.43. The molecule has 1 aromatic rings. The molecule has 9 heteroatoms. The summed E-state index contributed by atoms with van der Waals surface area (Å²) in [7, 11) is 2.40. The summed E-state index contributed by atoms with van der Waals surface area (Å²) in [6, 6.07) is -0.702.